The molecular weight excluding hydrogens is 562 g/mol. The first-order valence-electron chi connectivity index (χ1n) is 18.0. The lowest BCUT2D eigenvalue weighted by Gasteiger charge is -2.71. The first-order chi connectivity index (χ1) is 20.7. The summed E-state index contributed by atoms with van der Waals surface area (Å²) in [4.78, 5) is 13.4. The molecule has 0 amide bonds. The van der Waals surface area contributed by atoms with E-state index in [-0.39, 0.29) is 56.1 Å². The van der Waals surface area contributed by atoms with Gasteiger partial charge in [-0.1, -0.05) is 80.9 Å². The zero-order valence-electron chi connectivity index (χ0n) is 30.7. The van der Waals surface area contributed by atoms with Crippen molar-refractivity contribution in [3.63, 3.8) is 0 Å². The Bertz CT molecular complexity index is 1180. The molecule has 258 valence electrons. The van der Waals surface area contributed by atoms with Crippen LogP contribution in [0, 0.1) is 62.1 Å². The standard InChI is InChI=1S/C38H67N3O4/c1-23(2)24(3)33(7)17-18-35(9)25-13-14-28-34(8)20-44-22-38(28,26(25)15-16-36(35,10)29(33)31(42)43)19-27(41-39)30(34)45-21-37(11,40-12)32(4,5)6/h15,23-25,27-30,40-41H,13-14,16-22,39H2,1-12H3,(H,42,43)/t24-,25+,27-,28+,29-,30+,33-,34?,35-,36+,37+,38+/m1/s1. The third-order valence-corrected chi connectivity index (χ3v) is 16.1. The van der Waals surface area contributed by atoms with Gasteiger partial charge in [-0.2, -0.15) is 0 Å². The van der Waals surface area contributed by atoms with Crippen LogP contribution in [0.1, 0.15) is 115 Å². The minimum atomic E-state index is -0.607. The van der Waals surface area contributed by atoms with E-state index in [4.69, 9.17) is 15.3 Å². The zero-order chi connectivity index (χ0) is 33.6. The van der Waals surface area contributed by atoms with Crippen molar-refractivity contribution in [3.8, 4) is 0 Å². The van der Waals surface area contributed by atoms with Gasteiger partial charge in [-0.25, -0.2) is 0 Å². The molecule has 4 aliphatic carbocycles. The Morgan fingerprint density at radius 1 is 1.09 bits per heavy atom. The molecule has 0 spiro atoms. The summed E-state index contributed by atoms with van der Waals surface area (Å²) < 4.78 is 13.6. The Hall–Kier alpha value is -0.990. The summed E-state index contributed by atoms with van der Waals surface area (Å²) in [6.45, 7) is 27.3. The zero-order valence-corrected chi connectivity index (χ0v) is 30.7. The minimum absolute atomic E-state index is 0.00491. The molecule has 1 aliphatic heterocycles. The van der Waals surface area contributed by atoms with Crippen LogP contribution in [0.2, 0.25) is 0 Å². The smallest absolute Gasteiger partial charge is 0.307 e. The van der Waals surface area contributed by atoms with E-state index in [0.29, 0.717) is 43.5 Å². The molecule has 12 atom stereocenters. The van der Waals surface area contributed by atoms with Crippen LogP contribution in [-0.4, -0.2) is 55.6 Å². The molecule has 5 rings (SSSR count). The number of allylic oxidation sites excluding steroid dienone is 1. The number of hydrogen-bond acceptors (Lipinski definition) is 6. The number of hydrazine groups is 1. The number of nitrogens with two attached hydrogens (primary N) is 1. The fraction of sp³-hybridized carbons (Fsp3) is 0.921. The van der Waals surface area contributed by atoms with Crippen molar-refractivity contribution in [2.45, 2.75) is 132 Å². The maximum atomic E-state index is 13.4. The number of fused-ring (bicyclic) bond motifs is 3. The maximum Gasteiger partial charge on any atom is 0.307 e. The largest absolute Gasteiger partial charge is 0.481 e. The molecule has 7 heteroatoms. The molecule has 0 aromatic carbocycles. The Labute approximate surface area is 274 Å². The van der Waals surface area contributed by atoms with E-state index < -0.39 is 5.97 Å². The second kappa shape index (κ2) is 11.3. The Balaban J connectivity index is 1.54. The highest BCUT2D eigenvalue weighted by molar-refractivity contribution is 5.73. The van der Waals surface area contributed by atoms with E-state index >= 15 is 0 Å². The maximum absolute atomic E-state index is 13.4. The normalized spacial score (nSPS) is 46.7. The van der Waals surface area contributed by atoms with Crippen molar-refractivity contribution < 1.29 is 19.4 Å². The number of aliphatic carboxylic acids is 1. The van der Waals surface area contributed by atoms with Gasteiger partial charge >= 0.3 is 5.97 Å². The molecule has 45 heavy (non-hydrogen) atoms. The predicted molar refractivity (Wildman–Crippen MR) is 181 cm³/mol. The minimum Gasteiger partial charge on any atom is -0.481 e. The van der Waals surface area contributed by atoms with E-state index in [2.05, 4.69) is 93.0 Å². The lowest BCUT2D eigenvalue weighted by Crippen LogP contribution is -2.72. The molecule has 4 fully saturated rings. The first-order valence-corrected chi connectivity index (χ1v) is 18.0. The van der Waals surface area contributed by atoms with Crippen molar-refractivity contribution in [2.24, 2.45) is 67.9 Å². The van der Waals surface area contributed by atoms with Crippen LogP contribution in [0.3, 0.4) is 0 Å². The molecule has 1 unspecified atom stereocenters. The Kier molecular flexibility index (Phi) is 8.86. The van der Waals surface area contributed by atoms with Crippen molar-refractivity contribution in [3.05, 3.63) is 11.6 Å². The third-order valence-electron chi connectivity index (χ3n) is 16.1. The van der Waals surface area contributed by atoms with E-state index in [1.54, 1.807) is 5.57 Å². The van der Waals surface area contributed by atoms with Crippen LogP contribution in [0.15, 0.2) is 11.6 Å². The number of carboxylic acids is 1. The van der Waals surface area contributed by atoms with Gasteiger partial charge in [-0.3, -0.25) is 16.1 Å². The van der Waals surface area contributed by atoms with Gasteiger partial charge in [-0.05, 0) is 97.8 Å². The van der Waals surface area contributed by atoms with Crippen LogP contribution < -0.4 is 16.6 Å². The molecular formula is C38H67N3O4. The fourth-order valence-corrected chi connectivity index (χ4v) is 12.0. The lowest BCUT2D eigenvalue weighted by atomic mass is 9.34. The molecule has 5 aliphatic rings. The van der Waals surface area contributed by atoms with Gasteiger partial charge in [0.25, 0.3) is 0 Å². The van der Waals surface area contributed by atoms with Crippen LogP contribution >= 0.6 is 0 Å². The summed E-state index contributed by atoms with van der Waals surface area (Å²) >= 11 is 0. The topological polar surface area (TPSA) is 106 Å². The van der Waals surface area contributed by atoms with Gasteiger partial charge < -0.3 is 19.9 Å². The highest BCUT2D eigenvalue weighted by Crippen LogP contribution is 2.74. The van der Waals surface area contributed by atoms with Crippen LogP contribution in [0.25, 0.3) is 0 Å². The summed E-state index contributed by atoms with van der Waals surface area (Å²) in [5.41, 5.74) is 3.66. The average Bonchev–Trinajstić information content (AvgIpc) is 2.95. The van der Waals surface area contributed by atoms with E-state index in [1.807, 2.05) is 7.05 Å². The molecule has 3 saturated carbocycles. The molecule has 5 N–H and O–H groups in total. The van der Waals surface area contributed by atoms with Crippen molar-refractivity contribution in [1.82, 2.24) is 10.7 Å². The number of ether oxygens (including phenoxy) is 2. The molecule has 7 nitrogen and oxygen atoms in total. The van der Waals surface area contributed by atoms with E-state index in [0.717, 1.165) is 38.5 Å². The van der Waals surface area contributed by atoms with Gasteiger partial charge in [0.05, 0.1) is 31.8 Å². The Morgan fingerprint density at radius 3 is 2.31 bits per heavy atom. The lowest BCUT2D eigenvalue weighted by molar-refractivity contribution is -0.247. The van der Waals surface area contributed by atoms with Crippen molar-refractivity contribution in [2.75, 3.05) is 26.9 Å². The summed E-state index contributed by atoms with van der Waals surface area (Å²) in [5.74, 6) is 6.99. The molecule has 1 saturated heterocycles. The first kappa shape index (κ1) is 35.3. The molecule has 0 aromatic heterocycles. The fourth-order valence-electron chi connectivity index (χ4n) is 12.0. The van der Waals surface area contributed by atoms with E-state index in [9.17, 15) is 9.90 Å². The summed E-state index contributed by atoms with van der Waals surface area (Å²) in [6.07, 6.45) is 8.40. The number of nitrogens with one attached hydrogen (secondary N) is 2. The van der Waals surface area contributed by atoms with Crippen molar-refractivity contribution in [1.29, 1.82) is 0 Å². The van der Waals surface area contributed by atoms with Gasteiger partial charge in [0.15, 0.2) is 0 Å². The Morgan fingerprint density at radius 2 is 1.76 bits per heavy atom. The van der Waals surface area contributed by atoms with Crippen molar-refractivity contribution >= 4 is 5.97 Å². The number of hydrogen-bond donors (Lipinski definition) is 4. The molecule has 0 aromatic rings. The summed E-state index contributed by atoms with van der Waals surface area (Å²) in [7, 11) is 2.03. The molecule has 0 radical (unpaired) electrons. The van der Waals surface area contributed by atoms with E-state index in [1.165, 1.54) is 0 Å². The van der Waals surface area contributed by atoms with Crippen LogP contribution in [0.4, 0.5) is 0 Å². The average molecular weight is 630 g/mol. The van der Waals surface area contributed by atoms with Gasteiger partial charge in [0, 0.05) is 22.4 Å². The second-order valence-corrected chi connectivity index (χ2v) is 18.9. The van der Waals surface area contributed by atoms with Gasteiger partial charge in [-0.15, -0.1) is 0 Å². The molecule has 1 heterocycles. The number of carbonyl (C=O) groups is 1. The highest BCUT2D eigenvalue weighted by Gasteiger charge is 2.71. The predicted octanol–water partition coefficient (Wildman–Crippen LogP) is 6.82. The second-order valence-electron chi connectivity index (χ2n) is 18.9. The highest BCUT2D eigenvalue weighted by atomic mass is 16.5. The monoisotopic (exact) mass is 630 g/mol. The van der Waals surface area contributed by atoms with Gasteiger partial charge in [0.2, 0.25) is 0 Å². The summed E-state index contributed by atoms with van der Waals surface area (Å²) in [6, 6.07) is 0.00491. The third kappa shape index (κ3) is 4.78. The van der Waals surface area contributed by atoms with Crippen LogP contribution in [0.5, 0.6) is 0 Å². The quantitative estimate of drug-likeness (QED) is 0.133. The number of likely N-dealkylation sites (N-methyl/N-ethyl adjacent to an activating group) is 1. The molecule has 2 bridgehead atoms. The number of carboxylic acid groups (broad SMARTS) is 1. The van der Waals surface area contributed by atoms with Crippen LogP contribution in [-0.2, 0) is 14.3 Å². The van der Waals surface area contributed by atoms with Gasteiger partial charge in [0.1, 0.15) is 0 Å². The SMILES string of the molecule is CN[C@@](C)(CO[C@H]1[C@H](NN)C[C@@]23COCC1(C)[C@@H]2CC[C@H]1C3=CC[C@@]2(C)[C@H](C(=O)O)[C@@](C)([C@H](C)C(C)C)CC[C@]12C)C(C)(C)C. The summed E-state index contributed by atoms with van der Waals surface area (Å²) in [5, 5.41) is 14.5. The number of rotatable bonds is 8.